The van der Waals surface area contributed by atoms with Crippen LogP contribution in [0, 0.1) is 0 Å². The molecule has 0 aromatic carbocycles. The molecular formula is C14H12N2. The summed E-state index contributed by atoms with van der Waals surface area (Å²) in [5.74, 6) is 0. The van der Waals surface area contributed by atoms with Gasteiger partial charge in [-0.15, -0.1) is 0 Å². The van der Waals surface area contributed by atoms with Gasteiger partial charge >= 0.3 is 0 Å². The third-order valence-corrected chi connectivity index (χ3v) is 2.19. The van der Waals surface area contributed by atoms with E-state index in [1.165, 1.54) is 0 Å². The van der Waals surface area contributed by atoms with Gasteiger partial charge in [0.2, 0.25) is 0 Å². The molecule has 0 saturated heterocycles. The predicted molar refractivity (Wildman–Crippen MR) is 67.5 cm³/mol. The van der Waals surface area contributed by atoms with Crippen molar-refractivity contribution in [2.45, 2.75) is 0 Å². The van der Waals surface area contributed by atoms with E-state index in [0.29, 0.717) is 0 Å². The van der Waals surface area contributed by atoms with Crippen LogP contribution < -0.4 is 0 Å². The number of hydrogen-bond donors (Lipinski definition) is 0. The van der Waals surface area contributed by atoms with Crippen LogP contribution in [-0.2, 0) is 0 Å². The van der Waals surface area contributed by atoms with Crippen molar-refractivity contribution in [1.82, 2.24) is 9.97 Å². The third-order valence-electron chi connectivity index (χ3n) is 2.19. The van der Waals surface area contributed by atoms with Gasteiger partial charge in [-0.2, -0.15) is 0 Å². The summed E-state index contributed by atoms with van der Waals surface area (Å²) in [7, 11) is 0. The fourth-order valence-electron chi connectivity index (χ4n) is 1.35. The average Bonchev–Trinajstić information content (AvgIpc) is 2.38. The minimum Gasteiger partial charge on any atom is -0.265 e. The molecule has 0 aliphatic rings. The zero-order valence-corrected chi connectivity index (χ0v) is 8.88. The fourth-order valence-corrected chi connectivity index (χ4v) is 1.35. The van der Waals surface area contributed by atoms with Crippen molar-refractivity contribution in [2.24, 2.45) is 0 Å². The average molecular weight is 208 g/mol. The molecule has 2 aromatic heterocycles. The van der Waals surface area contributed by atoms with Crippen LogP contribution in [0.4, 0.5) is 0 Å². The van der Waals surface area contributed by atoms with Crippen molar-refractivity contribution in [3.05, 3.63) is 66.3 Å². The lowest BCUT2D eigenvalue weighted by molar-refractivity contribution is 1.30. The Balaban J connectivity index is 2.20. The van der Waals surface area contributed by atoms with Crippen LogP contribution in [-0.4, -0.2) is 9.97 Å². The Bertz CT molecular complexity index is 501. The molecule has 0 unspecified atom stereocenters. The second-order valence-corrected chi connectivity index (χ2v) is 3.37. The van der Waals surface area contributed by atoms with Crippen molar-refractivity contribution in [3.63, 3.8) is 0 Å². The lowest BCUT2D eigenvalue weighted by Gasteiger charge is -1.95. The van der Waals surface area contributed by atoms with E-state index in [4.69, 9.17) is 0 Å². The maximum Gasteiger partial charge on any atom is 0.0340 e. The highest BCUT2D eigenvalue weighted by molar-refractivity contribution is 5.70. The second-order valence-electron chi connectivity index (χ2n) is 3.37. The van der Waals surface area contributed by atoms with Gasteiger partial charge in [-0.25, -0.2) is 0 Å². The summed E-state index contributed by atoms with van der Waals surface area (Å²) in [5, 5.41) is 0. The molecule has 0 fully saturated rings. The molecule has 0 bridgehead atoms. The molecule has 2 nitrogen and oxygen atoms in total. The molecule has 0 N–H and O–H groups in total. The summed E-state index contributed by atoms with van der Waals surface area (Å²) in [6.45, 7) is 3.72. The Morgan fingerprint density at radius 3 is 2.31 bits per heavy atom. The summed E-state index contributed by atoms with van der Waals surface area (Å²) in [5.41, 5.74) is 3.21. The molecular weight excluding hydrogens is 196 g/mol. The van der Waals surface area contributed by atoms with E-state index in [9.17, 15) is 0 Å². The molecule has 0 aliphatic carbocycles. The van der Waals surface area contributed by atoms with Crippen LogP contribution in [0.3, 0.4) is 0 Å². The van der Waals surface area contributed by atoms with E-state index in [2.05, 4.69) is 16.5 Å². The van der Waals surface area contributed by atoms with Gasteiger partial charge in [0.1, 0.15) is 0 Å². The van der Waals surface area contributed by atoms with Gasteiger partial charge in [0.05, 0.1) is 0 Å². The molecule has 0 amide bonds. The first-order chi connectivity index (χ1) is 7.88. The van der Waals surface area contributed by atoms with E-state index >= 15 is 0 Å². The molecule has 0 aliphatic heterocycles. The van der Waals surface area contributed by atoms with Crippen LogP contribution >= 0.6 is 0 Å². The highest BCUT2D eigenvalue weighted by Gasteiger charge is 1.90. The molecule has 2 heteroatoms. The van der Waals surface area contributed by atoms with Crippen LogP contribution in [0.2, 0.25) is 0 Å². The second kappa shape index (κ2) is 5.03. The molecule has 2 heterocycles. The molecule has 78 valence electrons. The highest BCUT2D eigenvalue weighted by Crippen LogP contribution is 2.08. The SMILES string of the molecule is C=Cc1cncc(/C=C/c2ccncc2)c1. The number of aromatic nitrogens is 2. The van der Waals surface area contributed by atoms with E-state index in [0.717, 1.165) is 16.7 Å². The zero-order valence-electron chi connectivity index (χ0n) is 8.88. The van der Waals surface area contributed by atoms with Gasteiger partial charge in [0.25, 0.3) is 0 Å². The summed E-state index contributed by atoms with van der Waals surface area (Å²) < 4.78 is 0. The topological polar surface area (TPSA) is 25.8 Å². The fraction of sp³-hybridized carbons (Fsp3) is 0. The molecule has 0 radical (unpaired) electrons. The molecule has 2 aromatic rings. The van der Waals surface area contributed by atoms with E-state index in [1.807, 2.05) is 36.5 Å². The molecule has 16 heavy (non-hydrogen) atoms. The van der Waals surface area contributed by atoms with Gasteiger partial charge < -0.3 is 0 Å². The van der Waals surface area contributed by atoms with Gasteiger partial charge in [-0.3, -0.25) is 9.97 Å². The first kappa shape index (κ1) is 10.3. The Morgan fingerprint density at radius 1 is 0.875 bits per heavy atom. The Morgan fingerprint density at radius 2 is 1.56 bits per heavy atom. The first-order valence-electron chi connectivity index (χ1n) is 5.04. The van der Waals surface area contributed by atoms with Crippen molar-refractivity contribution >= 4 is 18.2 Å². The number of pyridine rings is 2. The number of nitrogens with zero attached hydrogens (tertiary/aromatic N) is 2. The zero-order chi connectivity index (χ0) is 11.2. The molecule has 0 saturated carbocycles. The maximum absolute atomic E-state index is 4.13. The molecule has 0 atom stereocenters. The van der Waals surface area contributed by atoms with E-state index < -0.39 is 0 Å². The van der Waals surface area contributed by atoms with Crippen molar-refractivity contribution in [3.8, 4) is 0 Å². The molecule has 0 spiro atoms. The minimum atomic E-state index is 1.02. The van der Waals surface area contributed by atoms with Gasteiger partial charge in [0, 0.05) is 24.8 Å². The van der Waals surface area contributed by atoms with Gasteiger partial charge in [0.15, 0.2) is 0 Å². The van der Waals surface area contributed by atoms with Gasteiger partial charge in [-0.05, 0) is 34.9 Å². The Labute approximate surface area is 95.0 Å². The summed E-state index contributed by atoms with van der Waals surface area (Å²) in [4.78, 5) is 8.10. The third kappa shape index (κ3) is 2.64. The number of hydrogen-bond acceptors (Lipinski definition) is 2. The quantitative estimate of drug-likeness (QED) is 0.773. The minimum absolute atomic E-state index is 1.02. The Hall–Kier alpha value is -2.22. The number of rotatable bonds is 3. The summed E-state index contributed by atoms with van der Waals surface area (Å²) >= 11 is 0. The van der Waals surface area contributed by atoms with Crippen LogP contribution in [0.25, 0.3) is 18.2 Å². The summed E-state index contributed by atoms with van der Waals surface area (Å²) in [6, 6.07) is 5.96. The monoisotopic (exact) mass is 208 g/mol. The smallest absolute Gasteiger partial charge is 0.0340 e. The highest BCUT2D eigenvalue weighted by atomic mass is 14.6. The Kier molecular flexibility index (Phi) is 3.24. The predicted octanol–water partition coefficient (Wildman–Crippen LogP) is 3.29. The normalized spacial score (nSPS) is 10.5. The molecule has 2 rings (SSSR count). The van der Waals surface area contributed by atoms with Crippen LogP contribution in [0.1, 0.15) is 16.7 Å². The van der Waals surface area contributed by atoms with Crippen molar-refractivity contribution in [2.75, 3.05) is 0 Å². The lowest BCUT2D eigenvalue weighted by atomic mass is 10.1. The van der Waals surface area contributed by atoms with Crippen molar-refractivity contribution in [1.29, 1.82) is 0 Å². The standard InChI is InChI=1S/C14H12N2/c1-2-12-9-14(11-16-10-12)4-3-13-5-7-15-8-6-13/h2-11H,1H2/b4-3+. The largest absolute Gasteiger partial charge is 0.265 e. The summed E-state index contributed by atoms with van der Waals surface area (Å²) in [6.07, 6.45) is 13.0. The van der Waals surface area contributed by atoms with Crippen LogP contribution in [0.15, 0.2) is 49.6 Å². The first-order valence-corrected chi connectivity index (χ1v) is 5.04. The van der Waals surface area contributed by atoms with Crippen LogP contribution in [0.5, 0.6) is 0 Å². The lowest BCUT2D eigenvalue weighted by Crippen LogP contribution is -1.79. The maximum atomic E-state index is 4.13. The van der Waals surface area contributed by atoms with Gasteiger partial charge in [-0.1, -0.05) is 24.8 Å². The van der Waals surface area contributed by atoms with E-state index in [1.54, 1.807) is 24.7 Å². The van der Waals surface area contributed by atoms with Crippen molar-refractivity contribution < 1.29 is 0 Å². The van der Waals surface area contributed by atoms with E-state index in [-0.39, 0.29) is 0 Å².